The van der Waals surface area contributed by atoms with Crippen molar-refractivity contribution in [1.29, 1.82) is 0 Å². The maximum Gasteiger partial charge on any atom is 0.586 e. The van der Waals surface area contributed by atoms with E-state index in [1.807, 2.05) is 0 Å². The largest absolute Gasteiger partial charge is 0.586 e. The van der Waals surface area contributed by atoms with Gasteiger partial charge in [0.25, 0.3) is 0 Å². The van der Waals surface area contributed by atoms with Crippen molar-refractivity contribution in [2.75, 3.05) is 0 Å². The van der Waals surface area contributed by atoms with Gasteiger partial charge in [-0.15, -0.1) is 8.78 Å². The van der Waals surface area contributed by atoms with Crippen molar-refractivity contribution in [2.24, 2.45) is 0 Å². The van der Waals surface area contributed by atoms with Crippen molar-refractivity contribution in [1.82, 2.24) is 4.98 Å². The quantitative estimate of drug-likeness (QED) is 0.923. The van der Waals surface area contributed by atoms with Gasteiger partial charge in [0.2, 0.25) is 0 Å². The zero-order chi connectivity index (χ0) is 15.3. The zero-order valence-corrected chi connectivity index (χ0v) is 11.4. The average molecular weight is 293 g/mol. The lowest BCUT2D eigenvalue weighted by molar-refractivity contribution is -0.286. The van der Waals surface area contributed by atoms with Crippen LogP contribution in [0, 0.1) is 0 Å². The summed E-state index contributed by atoms with van der Waals surface area (Å²) in [6.45, 7) is 3.24. The molecule has 0 radical (unpaired) electrons. The zero-order valence-electron chi connectivity index (χ0n) is 11.4. The fourth-order valence-corrected chi connectivity index (χ4v) is 2.12. The molecule has 1 aromatic heterocycles. The van der Waals surface area contributed by atoms with Crippen LogP contribution in [0.1, 0.15) is 19.4 Å². The van der Waals surface area contributed by atoms with Crippen molar-refractivity contribution in [3.05, 3.63) is 42.2 Å². The summed E-state index contributed by atoms with van der Waals surface area (Å²) in [7, 11) is 0. The first-order valence-electron chi connectivity index (χ1n) is 6.33. The summed E-state index contributed by atoms with van der Waals surface area (Å²) in [5, 5.41) is 10.0. The van der Waals surface area contributed by atoms with Gasteiger partial charge in [0.05, 0.1) is 5.60 Å². The Morgan fingerprint density at radius 1 is 1.19 bits per heavy atom. The van der Waals surface area contributed by atoms with E-state index in [1.54, 1.807) is 32.0 Å². The number of pyridine rings is 1. The van der Waals surface area contributed by atoms with E-state index >= 15 is 0 Å². The molecule has 3 rings (SSSR count). The number of ether oxygens (including phenoxy) is 2. The smallest absolute Gasteiger partial charge is 0.395 e. The van der Waals surface area contributed by atoms with Crippen molar-refractivity contribution in [3.8, 4) is 22.6 Å². The Morgan fingerprint density at radius 2 is 1.95 bits per heavy atom. The van der Waals surface area contributed by atoms with Crippen molar-refractivity contribution >= 4 is 0 Å². The first-order chi connectivity index (χ1) is 9.76. The van der Waals surface area contributed by atoms with E-state index in [2.05, 4.69) is 14.5 Å². The summed E-state index contributed by atoms with van der Waals surface area (Å²) in [4.78, 5) is 4.05. The van der Waals surface area contributed by atoms with Gasteiger partial charge in [-0.2, -0.15) is 0 Å². The van der Waals surface area contributed by atoms with E-state index in [0.29, 0.717) is 16.7 Å². The molecule has 0 saturated carbocycles. The molecule has 1 aromatic carbocycles. The number of hydrogen-bond acceptors (Lipinski definition) is 4. The molecule has 6 heteroatoms. The first kappa shape index (κ1) is 13.8. The van der Waals surface area contributed by atoms with E-state index < -0.39 is 11.9 Å². The van der Waals surface area contributed by atoms with Crippen LogP contribution >= 0.6 is 0 Å². The summed E-state index contributed by atoms with van der Waals surface area (Å²) < 4.78 is 35.4. The fourth-order valence-electron chi connectivity index (χ4n) is 2.12. The second kappa shape index (κ2) is 4.39. The van der Waals surface area contributed by atoms with E-state index in [4.69, 9.17) is 0 Å². The SMILES string of the molecule is CC(C)(O)c1cncc(-c2cccc3c2OC(F)(F)O3)c1. The molecule has 2 heterocycles. The molecule has 0 fully saturated rings. The first-order valence-corrected chi connectivity index (χ1v) is 6.33. The Kier molecular flexibility index (Phi) is 2.88. The number of alkyl halides is 2. The monoisotopic (exact) mass is 293 g/mol. The molecule has 21 heavy (non-hydrogen) atoms. The number of para-hydroxylation sites is 1. The molecule has 1 aliphatic rings. The van der Waals surface area contributed by atoms with Gasteiger partial charge < -0.3 is 14.6 Å². The number of benzene rings is 1. The number of hydrogen-bond donors (Lipinski definition) is 1. The van der Waals surface area contributed by atoms with E-state index in [0.717, 1.165) is 0 Å². The maximum atomic E-state index is 13.2. The van der Waals surface area contributed by atoms with Crippen LogP contribution in [0.5, 0.6) is 11.5 Å². The van der Waals surface area contributed by atoms with Crippen LogP contribution in [-0.4, -0.2) is 16.4 Å². The van der Waals surface area contributed by atoms with Gasteiger partial charge in [0.15, 0.2) is 11.5 Å². The third-order valence-electron chi connectivity index (χ3n) is 3.18. The Hall–Kier alpha value is -2.21. The predicted molar refractivity (Wildman–Crippen MR) is 71.1 cm³/mol. The predicted octanol–water partition coefficient (Wildman–Crippen LogP) is 3.30. The number of aliphatic hydroxyl groups is 1. The van der Waals surface area contributed by atoms with Crippen molar-refractivity contribution < 1.29 is 23.4 Å². The van der Waals surface area contributed by atoms with Crippen LogP contribution in [0.15, 0.2) is 36.7 Å². The number of nitrogens with zero attached hydrogens (tertiary/aromatic N) is 1. The normalized spacial score (nSPS) is 16.0. The molecule has 0 bridgehead atoms. The minimum atomic E-state index is -3.67. The lowest BCUT2D eigenvalue weighted by Gasteiger charge is -2.18. The molecule has 0 atom stereocenters. The third-order valence-corrected chi connectivity index (χ3v) is 3.18. The third kappa shape index (κ3) is 2.54. The Labute approximate surface area is 120 Å². The van der Waals surface area contributed by atoms with E-state index in [9.17, 15) is 13.9 Å². The Balaban J connectivity index is 2.10. The molecule has 1 aliphatic heterocycles. The maximum absolute atomic E-state index is 13.2. The van der Waals surface area contributed by atoms with Gasteiger partial charge in [0, 0.05) is 29.1 Å². The average Bonchev–Trinajstić information content (AvgIpc) is 2.71. The van der Waals surface area contributed by atoms with Crippen LogP contribution < -0.4 is 9.47 Å². The Morgan fingerprint density at radius 3 is 2.67 bits per heavy atom. The number of rotatable bonds is 2. The molecule has 0 amide bonds. The second-order valence-corrected chi connectivity index (χ2v) is 5.32. The molecular formula is C15H13F2NO3. The van der Waals surface area contributed by atoms with Gasteiger partial charge in [-0.3, -0.25) is 4.98 Å². The number of halogens is 2. The minimum absolute atomic E-state index is 0.0221. The lowest BCUT2D eigenvalue weighted by Crippen LogP contribution is -2.26. The molecule has 0 saturated heterocycles. The number of fused-ring (bicyclic) bond motifs is 1. The summed E-state index contributed by atoms with van der Waals surface area (Å²) in [5.74, 6) is -0.0524. The molecule has 1 N–H and O–H groups in total. The fraction of sp³-hybridized carbons (Fsp3) is 0.267. The van der Waals surface area contributed by atoms with Gasteiger partial charge in [0.1, 0.15) is 0 Å². The highest BCUT2D eigenvalue weighted by Crippen LogP contribution is 2.47. The van der Waals surface area contributed by atoms with E-state index in [-0.39, 0.29) is 11.5 Å². The van der Waals surface area contributed by atoms with Crippen LogP contribution in [0.2, 0.25) is 0 Å². The molecule has 4 nitrogen and oxygen atoms in total. The summed E-state index contributed by atoms with van der Waals surface area (Å²) in [6.07, 6.45) is -0.622. The van der Waals surface area contributed by atoms with E-state index in [1.165, 1.54) is 18.5 Å². The minimum Gasteiger partial charge on any atom is -0.395 e. The van der Waals surface area contributed by atoms with Gasteiger partial charge in [-0.25, -0.2) is 0 Å². The van der Waals surface area contributed by atoms with Crippen molar-refractivity contribution in [2.45, 2.75) is 25.7 Å². The molecule has 0 spiro atoms. The molecular weight excluding hydrogens is 280 g/mol. The molecule has 2 aromatic rings. The van der Waals surface area contributed by atoms with Crippen LogP contribution in [0.25, 0.3) is 11.1 Å². The Bertz CT molecular complexity index is 696. The summed E-state index contributed by atoms with van der Waals surface area (Å²) in [5.41, 5.74) is 0.488. The van der Waals surface area contributed by atoms with Crippen LogP contribution in [0.4, 0.5) is 8.78 Å². The lowest BCUT2D eigenvalue weighted by atomic mass is 9.96. The standard InChI is InChI=1S/C15H13F2NO3/c1-14(2,19)10-6-9(7-18-8-10)11-4-3-5-12-13(11)21-15(16,17)20-12/h3-8,19H,1-2H3. The molecule has 110 valence electrons. The van der Waals surface area contributed by atoms with Gasteiger partial charge >= 0.3 is 6.29 Å². The molecule has 0 aliphatic carbocycles. The van der Waals surface area contributed by atoms with Crippen LogP contribution in [-0.2, 0) is 5.60 Å². The second-order valence-electron chi connectivity index (χ2n) is 5.32. The highest BCUT2D eigenvalue weighted by atomic mass is 19.3. The molecule has 0 unspecified atom stereocenters. The van der Waals surface area contributed by atoms with Gasteiger partial charge in [-0.05, 0) is 26.0 Å². The summed E-state index contributed by atoms with van der Waals surface area (Å²) >= 11 is 0. The van der Waals surface area contributed by atoms with Gasteiger partial charge in [-0.1, -0.05) is 12.1 Å². The summed E-state index contributed by atoms with van der Waals surface area (Å²) in [6, 6.07) is 6.32. The highest BCUT2D eigenvalue weighted by molar-refractivity contribution is 5.74. The number of aromatic nitrogens is 1. The topological polar surface area (TPSA) is 51.6 Å². The van der Waals surface area contributed by atoms with Crippen LogP contribution in [0.3, 0.4) is 0 Å². The van der Waals surface area contributed by atoms with Crippen molar-refractivity contribution in [3.63, 3.8) is 0 Å². The highest BCUT2D eigenvalue weighted by Gasteiger charge is 2.44.